The highest BCUT2D eigenvalue weighted by molar-refractivity contribution is 5.64. The minimum Gasteiger partial charge on any atom is -0.497 e. The SMILES string of the molecule is COc1ccc(-n2nc(C3(O)CCNCC3)c(F)c2-c2ccccc2)cc1. The summed E-state index contributed by atoms with van der Waals surface area (Å²) in [5.74, 6) is 0.242. The second kappa shape index (κ2) is 7.13. The Hall–Kier alpha value is -2.70. The Balaban J connectivity index is 1.89. The molecule has 6 heteroatoms. The van der Waals surface area contributed by atoms with Crippen LogP contribution < -0.4 is 10.1 Å². The number of nitrogens with one attached hydrogen (secondary N) is 1. The van der Waals surface area contributed by atoms with E-state index in [2.05, 4.69) is 10.4 Å². The van der Waals surface area contributed by atoms with Crippen LogP contribution in [-0.2, 0) is 5.60 Å². The molecule has 0 unspecified atom stereocenters. The second-order valence-corrected chi connectivity index (χ2v) is 6.77. The van der Waals surface area contributed by atoms with Crippen LogP contribution in [0.15, 0.2) is 54.6 Å². The average molecular weight is 367 g/mol. The lowest BCUT2D eigenvalue weighted by molar-refractivity contribution is -0.00148. The van der Waals surface area contributed by atoms with Gasteiger partial charge in [0.2, 0.25) is 0 Å². The smallest absolute Gasteiger partial charge is 0.175 e. The third kappa shape index (κ3) is 3.22. The van der Waals surface area contributed by atoms with Gasteiger partial charge in [-0.25, -0.2) is 9.07 Å². The minimum absolute atomic E-state index is 0.110. The lowest BCUT2D eigenvalue weighted by Gasteiger charge is -2.30. The first kappa shape index (κ1) is 17.7. The molecule has 2 heterocycles. The number of ether oxygens (including phenoxy) is 1. The molecule has 1 aliphatic rings. The highest BCUT2D eigenvalue weighted by Gasteiger charge is 2.38. The lowest BCUT2D eigenvalue weighted by atomic mass is 9.88. The van der Waals surface area contributed by atoms with E-state index in [1.807, 2.05) is 54.6 Å². The largest absolute Gasteiger partial charge is 0.497 e. The van der Waals surface area contributed by atoms with Crippen LogP contribution in [0.5, 0.6) is 5.75 Å². The zero-order valence-corrected chi connectivity index (χ0v) is 15.2. The molecule has 4 rings (SSSR count). The van der Waals surface area contributed by atoms with Crippen molar-refractivity contribution >= 4 is 0 Å². The first-order valence-corrected chi connectivity index (χ1v) is 9.04. The van der Waals surface area contributed by atoms with Crippen molar-refractivity contribution in [1.82, 2.24) is 15.1 Å². The fourth-order valence-electron chi connectivity index (χ4n) is 3.53. The molecule has 0 aliphatic carbocycles. The van der Waals surface area contributed by atoms with E-state index < -0.39 is 11.4 Å². The van der Waals surface area contributed by atoms with Crippen molar-refractivity contribution in [2.24, 2.45) is 0 Å². The lowest BCUT2D eigenvalue weighted by Crippen LogP contribution is -2.40. The summed E-state index contributed by atoms with van der Waals surface area (Å²) in [6, 6.07) is 16.6. The monoisotopic (exact) mass is 367 g/mol. The molecule has 0 spiro atoms. The number of nitrogens with zero attached hydrogens (tertiary/aromatic N) is 2. The molecule has 140 valence electrons. The Labute approximate surface area is 157 Å². The molecule has 0 radical (unpaired) electrons. The molecule has 2 N–H and O–H groups in total. The highest BCUT2D eigenvalue weighted by Crippen LogP contribution is 2.37. The van der Waals surface area contributed by atoms with E-state index >= 15 is 4.39 Å². The van der Waals surface area contributed by atoms with Crippen LogP contribution in [0.4, 0.5) is 4.39 Å². The zero-order valence-electron chi connectivity index (χ0n) is 15.2. The fourth-order valence-corrected chi connectivity index (χ4v) is 3.53. The van der Waals surface area contributed by atoms with Gasteiger partial charge < -0.3 is 15.2 Å². The van der Waals surface area contributed by atoms with Crippen molar-refractivity contribution in [1.29, 1.82) is 0 Å². The van der Waals surface area contributed by atoms with E-state index in [0.717, 1.165) is 0 Å². The first-order chi connectivity index (χ1) is 13.1. The molecule has 1 aliphatic heterocycles. The Morgan fingerprint density at radius 1 is 1.07 bits per heavy atom. The molecule has 0 saturated carbocycles. The molecule has 5 nitrogen and oxygen atoms in total. The summed E-state index contributed by atoms with van der Waals surface area (Å²) in [4.78, 5) is 0. The first-order valence-electron chi connectivity index (χ1n) is 9.04. The summed E-state index contributed by atoms with van der Waals surface area (Å²) in [6.07, 6.45) is 0.857. The van der Waals surface area contributed by atoms with Crippen LogP contribution in [0.2, 0.25) is 0 Å². The van der Waals surface area contributed by atoms with Crippen molar-refractivity contribution in [3.8, 4) is 22.7 Å². The van der Waals surface area contributed by atoms with E-state index in [1.54, 1.807) is 11.8 Å². The maximum atomic E-state index is 15.6. The van der Waals surface area contributed by atoms with Crippen LogP contribution in [-0.4, -0.2) is 35.1 Å². The number of hydrogen-bond acceptors (Lipinski definition) is 4. The number of benzene rings is 2. The Kier molecular flexibility index (Phi) is 4.68. The normalized spacial score (nSPS) is 16.3. The number of hydrogen-bond donors (Lipinski definition) is 2. The van der Waals surface area contributed by atoms with Crippen LogP contribution in [0.25, 0.3) is 16.9 Å². The van der Waals surface area contributed by atoms with Crippen LogP contribution in [0, 0.1) is 5.82 Å². The summed E-state index contributed by atoms with van der Waals surface area (Å²) >= 11 is 0. The van der Waals surface area contributed by atoms with Crippen molar-refractivity contribution < 1.29 is 14.2 Å². The quantitative estimate of drug-likeness (QED) is 0.743. The van der Waals surface area contributed by atoms with Gasteiger partial charge in [0.15, 0.2) is 5.82 Å². The zero-order chi connectivity index (χ0) is 18.9. The van der Waals surface area contributed by atoms with E-state index in [9.17, 15) is 5.11 Å². The Morgan fingerprint density at radius 3 is 2.37 bits per heavy atom. The second-order valence-electron chi connectivity index (χ2n) is 6.77. The third-order valence-electron chi connectivity index (χ3n) is 5.06. The van der Waals surface area contributed by atoms with E-state index in [4.69, 9.17) is 4.74 Å². The number of piperidine rings is 1. The summed E-state index contributed by atoms with van der Waals surface area (Å²) in [6.45, 7) is 1.26. The molecule has 3 aromatic rings. The van der Waals surface area contributed by atoms with E-state index in [-0.39, 0.29) is 5.69 Å². The molecule has 1 saturated heterocycles. The third-order valence-corrected chi connectivity index (χ3v) is 5.06. The fraction of sp³-hybridized carbons (Fsp3) is 0.286. The Bertz CT molecular complexity index is 917. The number of halogens is 1. The van der Waals surface area contributed by atoms with Crippen LogP contribution in [0.1, 0.15) is 18.5 Å². The van der Waals surface area contributed by atoms with Crippen molar-refractivity contribution in [2.75, 3.05) is 20.2 Å². The van der Waals surface area contributed by atoms with Gasteiger partial charge in [-0.1, -0.05) is 30.3 Å². The molecule has 0 amide bonds. The standard InChI is InChI=1S/C21H22FN3O2/c1-27-17-9-7-16(8-10-17)25-19(15-5-3-2-4-6-15)18(22)20(24-25)21(26)11-13-23-14-12-21/h2-10,23,26H,11-14H2,1H3. The van der Waals surface area contributed by atoms with Gasteiger partial charge in [0.1, 0.15) is 22.7 Å². The molecule has 0 atom stereocenters. The molecular formula is C21H22FN3O2. The van der Waals surface area contributed by atoms with Crippen LogP contribution >= 0.6 is 0 Å². The van der Waals surface area contributed by atoms with Gasteiger partial charge in [0.25, 0.3) is 0 Å². The summed E-state index contributed by atoms with van der Waals surface area (Å²) < 4.78 is 22.3. The molecule has 2 aromatic carbocycles. The van der Waals surface area contributed by atoms with Crippen molar-refractivity contribution in [3.05, 3.63) is 66.1 Å². The summed E-state index contributed by atoms with van der Waals surface area (Å²) in [5, 5.41) is 18.8. The predicted molar refractivity (Wildman–Crippen MR) is 102 cm³/mol. The van der Waals surface area contributed by atoms with Gasteiger partial charge in [-0.2, -0.15) is 5.10 Å². The van der Waals surface area contributed by atoms with Gasteiger partial charge in [-0.05, 0) is 50.2 Å². The van der Waals surface area contributed by atoms with Gasteiger partial charge >= 0.3 is 0 Å². The molecule has 27 heavy (non-hydrogen) atoms. The average Bonchev–Trinajstić information content (AvgIpc) is 3.07. The maximum Gasteiger partial charge on any atom is 0.175 e. The summed E-state index contributed by atoms with van der Waals surface area (Å²) in [7, 11) is 1.60. The number of aliphatic hydroxyl groups is 1. The number of methoxy groups -OCH3 is 1. The molecule has 1 fully saturated rings. The van der Waals surface area contributed by atoms with E-state index in [1.165, 1.54) is 0 Å². The number of aromatic nitrogens is 2. The molecule has 1 aromatic heterocycles. The summed E-state index contributed by atoms with van der Waals surface area (Å²) in [5.41, 5.74) is 0.608. The van der Waals surface area contributed by atoms with Gasteiger partial charge in [0, 0.05) is 5.56 Å². The molecular weight excluding hydrogens is 345 g/mol. The highest BCUT2D eigenvalue weighted by atomic mass is 19.1. The van der Waals surface area contributed by atoms with Crippen molar-refractivity contribution in [3.63, 3.8) is 0 Å². The molecule has 0 bridgehead atoms. The van der Waals surface area contributed by atoms with Gasteiger partial charge in [-0.3, -0.25) is 0 Å². The number of rotatable bonds is 4. The minimum atomic E-state index is -1.27. The Morgan fingerprint density at radius 2 is 1.74 bits per heavy atom. The van der Waals surface area contributed by atoms with Gasteiger partial charge in [0.05, 0.1) is 12.8 Å². The van der Waals surface area contributed by atoms with Gasteiger partial charge in [-0.15, -0.1) is 0 Å². The van der Waals surface area contributed by atoms with E-state index in [0.29, 0.717) is 48.6 Å². The maximum absolute atomic E-state index is 15.6. The van der Waals surface area contributed by atoms with Crippen molar-refractivity contribution in [2.45, 2.75) is 18.4 Å². The topological polar surface area (TPSA) is 59.3 Å². The predicted octanol–water partition coefficient (Wildman–Crippen LogP) is 3.26. The van der Waals surface area contributed by atoms with Crippen LogP contribution in [0.3, 0.4) is 0 Å².